The number of fused-ring (bicyclic) bond motifs is 1. The van der Waals surface area contributed by atoms with Gasteiger partial charge < -0.3 is 14.2 Å². The molecule has 0 amide bonds. The molecule has 1 aliphatic heterocycles. The third-order valence-corrected chi connectivity index (χ3v) is 6.58. The van der Waals surface area contributed by atoms with Gasteiger partial charge in [0.05, 0.1) is 12.6 Å². The van der Waals surface area contributed by atoms with Crippen LogP contribution in [0, 0.1) is 5.82 Å². The van der Waals surface area contributed by atoms with Gasteiger partial charge in [-0.2, -0.15) is 0 Å². The van der Waals surface area contributed by atoms with E-state index in [4.69, 9.17) is 4.74 Å². The summed E-state index contributed by atoms with van der Waals surface area (Å²) < 4.78 is 20.6. The summed E-state index contributed by atoms with van der Waals surface area (Å²) >= 11 is 0. The fourth-order valence-electron chi connectivity index (χ4n) is 4.63. The molecule has 1 aliphatic rings. The summed E-state index contributed by atoms with van der Waals surface area (Å²) in [5.74, 6) is 0.722. The minimum atomic E-state index is -0.274. The molecule has 5 rings (SSSR count). The average Bonchev–Trinajstić information content (AvgIpc) is 3.28. The molecule has 2 heterocycles. The number of carbonyl (C=O) groups is 1. The molecule has 3 aromatic carbocycles. The van der Waals surface area contributed by atoms with Crippen molar-refractivity contribution < 1.29 is 13.9 Å². The van der Waals surface area contributed by atoms with Gasteiger partial charge in [0.15, 0.2) is 5.78 Å². The Morgan fingerprint density at radius 2 is 1.56 bits per heavy atom. The highest BCUT2D eigenvalue weighted by atomic mass is 19.1. The van der Waals surface area contributed by atoms with E-state index in [1.54, 1.807) is 19.2 Å². The SMILES string of the molecule is COc1ccc(N2CCN(CCC(=O)c3cn(-c4ccc(F)cc4)c4ccccc34)CC2)cc1. The summed E-state index contributed by atoms with van der Waals surface area (Å²) in [6, 6.07) is 22.4. The number of hydrogen-bond acceptors (Lipinski definition) is 4. The molecule has 4 aromatic rings. The van der Waals surface area contributed by atoms with E-state index in [9.17, 15) is 9.18 Å². The molecule has 6 heteroatoms. The molecule has 1 fully saturated rings. The molecule has 5 nitrogen and oxygen atoms in total. The molecule has 1 saturated heterocycles. The lowest BCUT2D eigenvalue weighted by molar-refractivity contribution is 0.0964. The lowest BCUT2D eigenvalue weighted by atomic mass is 10.1. The molecule has 0 radical (unpaired) electrons. The zero-order valence-corrected chi connectivity index (χ0v) is 19.3. The Balaban J connectivity index is 1.24. The second-order valence-electron chi connectivity index (χ2n) is 8.61. The number of para-hydroxylation sites is 1. The first-order valence-corrected chi connectivity index (χ1v) is 11.6. The maximum atomic E-state index is 13.4. The predicted molar refractivity (Wildman–Crippen MR) is 134 cm³/mol. The first-order valence-electron chi connectivity index (χ1n) is 11.6. The molecule has 0 spiro atoms. The van der Waals surface area contributed by atoms with Crippen molar-refractivity contribution in [1.82, 2.24) is 9.47 Å². The summed E-state index contributed by atoms with van der Waals surface area (Å²) in [5.41, 5.74) is 3.71. The standard InChI is InChI=1S/C28H28FN3O2/c1-34-24-12-10-22(11-13-24)31-18-16-30(17-19-31)15-14-28(33)26-20-32(23-8-6-21(29)7-9-23)27-5-3-2-4-25(26)27/h2-13,20H,14-19H2,1H3. The van der Waals surface area contributed by atoms with Crippen molar-refractivity contribution in [3.05, 3.63) is 90.4 Å². The number of hydrogen-bond donors (Lipinski definition) is 0. The van der Waals surface area contributed by atoms with Gasteiger partial charge >= 0.3 is 0 Å². The number of anilines is 1. The number of rotatable bonds is 7. The fourth-order valence-corrected chi connectivity index (χ4v) is 4.63. The minimum Gasteiger partial charge on any atom is -0.497 e. The normalized spacial score (nSPS) is 14.5. The third kappa shape index (κ3) is 4.54. The topological polar surface area (TPSA) is 37.7 Å². The monoisotopic (exact) mass is 457 g/mol. The number of ether oxygens (including phenoxy) is 1. The molecular formula is C28H28FN3O2. The first kappa shape index (κ1) is 22.2. The number of methoxy groups -OCH3 is 1. The Morgan fingerprint density at radius 3 is 2.26 bits per heavy atom. The Bertz CT molecular complexity index is 1270. The minimum absolute atomic E-state index is 0.134. The Morgan fingerprint density at radius 1 is 0.882 bits per heavy atom. The highest BCUT2D eigenvalue weighted by molar-refractivity contribution is 6.08. The highest BCUT2D eigenvalue weighted by Gasteiger charge is 2.20. The quantitative estimate of drug-likeness (QED) is 0.359. The van der Waals surface area contributed by atoms with Crippen LogP contribution in [0.5, 0.6) is 5.75 Å². The van der Waals surface area contributed by atoms with Crippen molar-refractivity contribution in [2.75, 3.05) is 44.7 Å². The molecule has 0 atom stereocenters. The maximum Gasteiger partial charge on any atom is 0.166 e. The molecule has 0 bridgehead atoms. The summed E-state index contributed by atoms with van der Waals surface area (Å²) in [4.78, 5) is 18.0. The van der Waals surface area contributed by atoms with Gasteiger partial charge in [0, 0.05) is 67.7 Å². The third-order valence-electron chi connectivity index (χ3n) is 6.58. The van der Waals surface area contributed by atoms with Crippen LogP contribution in [0.3, 0.4) is 0 Å². The van der Waals surface area contributed by atoms with Crippen molar-refractivity contribution in [1.29, 1.82) is 0 Å². The van der Waals surface area contributed by atoms with Crippen LogP contribution in [0.1, 0.15) is 16.8 Å². The molecule has 0 N–H and O–H groups in total. The number of carbonyl (C=O) groups excluding carboxylic acids is 1. The number of nitrogens with zero attached hydrogens (tertiary/aromatic N) is 3. The summed E-state index contributed by atoms with van der Waals surface area (Å²) in [7, 11) is 1.68. The largest absolute Gasteiger partial charge is 0.497 e. The molecule has 0 unspecified atom stereocenters. The van der Waals surface area contributed by atoms with Gasteiger partial charge in [-0.25, -0.2) is 4.39 Å². The van der Waals surface area contributed by atoms with E-state index in [1.807, 2.05) is 47.2 Å². The predicted octanol–water partition coefficient (Wildman–Crippen LogP) is 5.17. The van der Waals surface area contributed by atoms with Crippen molar-refractivity contribution in [2.24, 2.45) is 0 Å². The van der Waals surface area contributed by atoms with Gasteiger partial charge in [0.2, 0.25) is 0 Å². The molecule has 34 heavy (non-hydrogen) atoms. The van der Waals surface area contributed by atoms with Crippen LogP contribution in [-0.4, -0.2) is 55.1 Å². The smallest absolute Gasteiger partial charge is 0.166 e. The lowest BCUT2D eigenvalue weighted by Gasteiger charge is -2.36. The van der Waals surface area contributed by atoms with E-state index in [0.717, 1.165) is 60.6 Å². The van der Waals surface area contributed by atoms with Gasteiger partial charge in [-0.05, 0) is 54.6 Å². The second-order valence-corrected chi connectivity index (χ2v) is 8.61. The van der Waals surface area contributed by atoms with Crippen LogP contribution in [-0.2, 0) is 0 Å². The van der Waals surface area contributed by atoms with Crippen molar-refractivity contribution >= 4 is 22.4 Å². The number of ketones is 1. The summed E-state index contributed by atoms with van der Waals surface area (Å²) in [5, 5.41) is 0.932. The van der Waals surface area contributed by atoms with Crippen LogP contribution < -0.4 is 9.64 Å². The highest BCUT2D eigenvalue weighted by Crippen LogP contribution is 2.26. The van der Waals surface area contributed by atoms with Gasteiger partial charge in [-0.1, -0.05) is 18.2 Å². The number of halogens is 1. The Hall–Kier alpha value is -3.64. The molecular weight excluding hydrogens is 429 g/mol. The van der Waals surface area contributed by atoms with Crippen LogP contribution in [0.15, 0.2) is 79.0 Å². The van der Waals surface area contributed by atoms with Gasteiger partial charge in [-0.3, -0.25) is 9.69 Å². The van der Waals surface area contributed by atoms with E-state index >= 15 is 0 Å². The van der Waals surface area contributed by atoms with E-state index in [1.165, 1.54) is 17.8 Å². The first-order chi connectivity index (χ1) is 16.6. The zero-order chi connectivity index (χ0) is 23.5. The Labute approximate surface area is 199 Å². The van der Waals surface area contributed by atoms with Crippen LogP contribution in [0.2, 0.25) is 0 Å². The summed E-state index contributed by atoms with van der Waals surface area (Å²) in [6.45, 7) is 4.47. The van der Waals surface area contributed by atoms with Crippen molar-refractivity contribution in [3.63, 3.8) is 0 Å². The van der Waals surface area contributed by atoms with E-state index in [-0.39, 0.29) is 11.6 Å². The average molecular weight is 458 g/mol. The van der Waals surface area contributed by atoms with E-state index in [0.29, 0.717) is 6.42 Å². The number of aromatic nitrogens is 1. The lowest BCUT2D eigenvalue weighted by Crippen LogP contribution is -2.46. The van der Waals surface area contributed by atoms with E-state index in [2.05, 4.69) is 21.9 Å². The van der Waals surface area contributed by atoms with Gasteiger partial charge in [-0.15, -0.1) is 0 Å². The maximum absolute atomic E-state index is 13.4. The fraction of sp³-hybridized carbons (Fsp3) is 0.250. The molecule has 0 aliphatic carbocycles. The number of piperazine rings is 1. The zero-order valence-electron chi connectivity index (χ0n) is 19.3. The molecule has 0 saturated carbocycles. The van der Waals surface area contributed by atoms with Crippen LogP contribution in [0.4, 0.5) is 10.1 Å². The van der Waals surface area contributed by atoms with Gasteiger partial charge in [0.1, 0.15) is 11.6 Å². The molecule has 174 valence electrons. The van der Waals surface area contributed by atoms with Crippen LogP contribution in [0.25, 0.3) is 16.6 Å². The summed E-state index contributed by atoms with van der Waals surface area (Å²) in [6.07, 6.45) is 2.36. The number of Topliss-reactive ketones (excluding diaryl/α,β-unsaturated/α-hetero) is 1. The Kier molecular flexibility index (Phi) is 6.32. The van der Waals surface area contributed by atoms with E-state index < -0.39 is 0 Å². The van der Waals surface area contributed by atoms with Crippen LogP contribution >= 0.6 is 0 Å². The van der Waals surface area contributed by atoms with Gasteiger partial charge in [0.25, 0.3) is 0 Å². The second kappa shape index (κ2) is 9.69. The van der Waals surface area contributed by atoms with Crippen molar-refractivity contribution in [2.45, 2.75) is 6.42 Å². The van der Waals surface area contributed by atoms with Crippen molar-refractivity contribution in [3.8, 4) is 11.4 Å². The number of benzene rings is 3. The molecule has 1 aromatic heterocycles.